The highest BCUT2D eigenvalue weighted by Crippen LogP contribution is 2.33. The molecule has 3 aliphatic rings. The SMILES string of the molecule is C=C(C)C(C(=O)OC(c1ccccc1)c1ccccc1)N1CC(NC(C)=O)C1=O.c1cc2cc(c1)O2. The number of hydrogen-bond donors (Lipinski definition) is 1. The molecule has 36 heavy (non-hydrogen) atoms. The molecule has 6 rings (SSSR count). The summed E-state index contributed by atoms with van der Waals surface area (Å²) in [5.74, 6) is 0.812. The Hall–Kier alpha value is -4.39. The van der Waals surface area contributed by atoms with E-state index in [-0.39, 0.29) is 18.4 Å². The Morgan fingerprint density at radius 2 is 1.47 bits per heavy atom. The molecule has 2 bridgehead atoms. The van der Waals surface area contributed by atoms with Crippen LogP contribution < -0.4 is 10.1 Å². The van der Waals surface area contributed by atoms with E-state index >= 15 is 0 Å². The Balaban J connectivity index is 0.000000367. The molecule has 7 heteroatoms. The van der Waals surface area contributed by atoms with Crippen LogP contribution in [0.5, 0.6) is 11.5 Å². The average Bonchev–Trinajstić information content (AvgIpc) is 2.87. The second-order valence-corrected chi connectivity index (χ2v) is 8.71. The maximum absolute atomic E-state index is 13.1. The van der Waals surface area contributed by atoms with Crippen molar-refractivity contribution in [1.82, 2.24) is 10.2 Å². The summed E-state index contributed by atoms with van der Waals surface area (Å²) < 4.78 is 10.9. The first kappa shape index (κ1) is 24.7. The van der Waals surface area contributed by atoms with Gasteiger partial charge < -0.3 is 19.7 Å². The van der Waals surface area contributed by atoms with Crippen LogP contribution in [-0.4, -0.2) is 41.3 Å². The minimum atomic E-state index is -0.901. The molecule has 2 unspecified atom stereocenters. The van der Waals surface area contributed by atoms with E-state index < -0.39 is 24.2 Å². The Morgan fingerprint density at radius 3 is 1.83 bits per heavy atom. The van der Waals surface area contributed by atoms with E-state index in [9.17, 15) is 14.4 Å². The molecule has 0 saturated carbocycles. The maximum atomic E-state index is 13.1. The third kappa shape index (κ3) is 5.63. The molecule has 0 aromatic heterocycles. The third-order valence-corrected chi connectivity index (χ3v) is 5.82. The standard InChI is InChI=1S/C23H24N2O4.C6H4O/c1-15(2)20(25-14-19(22(25)27)24-16(3)26)23(28)29-21(17-10-6-4-7-11-17)18-12-8-5-9-13-18;1-2-5-4-6(3-1)7-5/h4-13,19-21H,1,14H2,2-3H3,(H,24,26);1-4H. The van der Waals surface area contributed by atoms with Gasteiger partial charge in [-0.05, 0) is 35.8 Å². The van der Waals surface area contributed by atoms with Crippen molar-refractivity contribution in [3.63, 3.8) is 0 Å². The Bertz CT molecular complexity index is 1190. The van der Waals surface area contributed by atoms with Crippen molar-refractivity contribution in [2.45, 2.75) is 32.0 Å². The number of amides is 2. The molecule has 2 atom stereocenters. The molecule has 7 nitrogen and oxygen atoms in total. The smallest absolute Gasteiger partial charge is 0.334 e. The van der Waals surface area contributed by atoms with Crippen molar-refractivity contribution < 1.29 is 23.9 Å². The van der Waals surface area contributed by atoms with E-state index in [2.05, 4.69) is 11.9 Å². The lowest BCUT2D eigenvalue weighted by molar-refractivity contribution is -0.163. The summed E-state index contributed by atoms with van der Waals surface area (Å²) in [5.41, 5.74) is 2.17. The monoisotopic (exact) mass is 484 g/mol. The van der Waals surface area contributed by atoms with Crippen LogP contribution in [0, 0.1) is 0 Å². The molecule has 3 aliphatic heterocycles. The van der Waals surface area contributed by atoms with E-state index in [1.807, 2.05) is 84.9 Å². The van der Waals surface area contributed by atoms with Crippen LogP contribution in [0.3, 0.4) is 0 Å². The van der Waals surface area contributed by atoms with Gasteiger partial charge in [-0.3, -0.25) is 9.59 Å². The first-order chi connectivity index (χ1) is 17.3. The summed E-state index contributed by atoms with van der Waals surface area (Å²) in [4.78, 5) is 38.1. The number of benzene rings is 3. The van der Waals surface area contributed by atoms with Crippen LogP contribution >= 0.6 is 0 Å². The van der Waals surface area contributed by atoms with E-state index in [0.717, 1.165) is 22.6 Å². The van der Waals surface area contributed by atoms with Crippen LogP contribution in [0.4, 0.5) is 0 Å². The van der Waals surface area contributed by atoms with E-state index in [1.165, 1.54) is 11.8 Å². The van der Waals surface area contributed by atoms with Gasteiger partial charge >= 0.3 is 5.97 Å². The molecule has 0 aliphatic carbocycles. The van der Waals surface area contributed by atoms with Crippen molar-refractivity contribution in [3.8, 4) is 11.5 Å². The third-order valence-electron chi connectivity index (χ3n) is 5.82. The summed E-state index contributed by atoms with van der Waals surface area (Å²) in [7, 11) is 0. The zero-order chi connectivity index (χ0) is 25.7. The number of fused-ring (bicyclic) bond motifs is 2. The number of nitrogens with zero attached hydrogens (tertiary/aromatic N) is 1. The molecule has 184 valence electrons. The number of carbonyl (C=O) groups excluding carboxylic acids is 3. The molecule has 3 heterocycles. The van der Waals surface area contributed by atoms with E-state index in [4.69, 9.17) is 9.47 Å². The first-order valence-corrected chi connectivity index (χ1v) is 11.6. The highest BCUT2D eigenvalue weighted by Gasteiger charge is 2.45. The van der Waals surface area contributed by atoms with Crippen molar-refractivity contribution in [1.29, 1.82) is 0 Å². The summed E-state index contributed by atoms with van der Waals surface area (Å²) in [6.07, 6.45) is -0.603. The highest BCUT2D eigenvalue weighted by molar-refractivity contribution is 5.96. The lowest BCUT2D eigenvalue weighted by atomic mass is 9.98. The van der Waals surface area contributed by atoms with Crippen LogP contribution in [0.2, 0.25) is 0 Å². The lowest BCUT2D eigenvalue weighted by Crippen LogP contribution is -2.67. The van der Waals surface area contributed by atoms with Crippen molar-refractivity contribution in [2.75, 3.05) is 6.54 Å². The van der Waals surface area contributed by atoms with Crippen molar-refractivity contribution >= 4 is 17.8 Å². The first-order valence-electron chi connectivity index (χ1n) is 11.6. The van der Waals surface area contributed by atoms with Crippen LogP contribution in [0.15, 0.2) is 97.1 Å². The number of β-lactam (4-membered cyclic amide) rings is 1. The quantitative estimate of drug-likeness (QED) is 0.239. The molecule has 1 N–H and O–H groups in total. The lowest BCUT2D eigenvalue weighted by Gasteiger charge is -2.43. The average molecular weight is 485 g/mol. The van der Waals surface area contributed by atoms with Crippen LogP contribution in [0.1, 0.15) is 31.1 Å². The zero-order valence-corrected chi connectivity index (χ0v) is 20.2. The second-order valence-electron chi connectivity index (χ2n) is 8.71. The Labute approximate surface area is 210 Å². The second kappa shape index (κ2) is 10.9. The highest BCUT2D eigenvalue weighted by atomic mass is 16.5. The molecule has 3 aromatic rings. The minimum Gasteiger partial charge on any atom is -0.457 e. The molecule has 0 spiro atoms. The molecule has 1 saturated heterocycles. The number of rotatable bonds is 7. The van der Waals surface area contributed by atoms with Gasteiger partial charge in [-0.25, -0.2) is 4.79 Å². The fraction of sp³-hybridized carbons (Fsp3) is 0.207. The van der Waals surface area contributed by atoms with Gasteiger partial charge in [0, 0.05) is 13.0 Å². The summed E-state index contributed by atoms with van der Waals surface area (Å²) in [6, 6.07) is 25.2. The number of hydrogen-bond acceptors (Lipinski definition) is 5. The molecular weight excluding hydrogens is 456 g/mol. The number of nitrogens with one attached hydrogen (secondary N) is 1. The van der Waals surface area contributed by atoms with Gasteiger partial charge in [-0.15, -0.1) is 0 Å². The van der Waals surface area contributed by atoms with Gasteiger partial charge in [-0.1, -0.05) is 73.3 Å². The molecule has 1 fully saturated rings. The minimum absolute atomic E-state index is 0.242. The maximum Gasteiger partial charge on any atom is 0.334 e. The summed E-state index contributed by atoms with van der Waals surface area (Å²) in [5, 5.41) is 2.57. The fourth-order valence-electron chi connectivity index (χ4n) is 4.08. The number of likely N-dealkylation sites (tertiary alicyclic amines) is 1. The van der Waals surface area contributed by atoms with Gasteiger partial charge in [0.25, 0.3) is 0 Å². The molecule has 3 aromatic carbocycles. The van der Waals surface area contributed by atoms with Gasteiger partial charge in [0.1, 0.15) is 17.5 Å². The number of esters is 1. The van der Waals surface area contributed by atoms with Crippen LogP contribution in [-0.2, 0) is 19.1 Å². The Kier molecular flexibility index (Phi) is 7.49. The normalized spacial score (nSPS) is 15.8. The summed E-state index contributed by atoms with van der Waals surface area (Å²) in [6.45, 7) is 7.15. The fourth-order valence-corrected chi connectivity index (χ4v) is 4.08. The van der Waals surface area contributed by atoms with E-state index in [0.29, 0.717) is 5.57 Å². The molecule has 0 radical (unpaired) electrons. The zero-order valence-electron chi connectivity index (χ0n) is 20.2. The molecule has 2 amide bonds. The van der Waals surface area contributed by atoms with Crippen molar-refractivity contribution in [2.24, 2.45) is 0 Å². The number of ether oxygens (including phenoxy) is 2. The van der Waals surface area contributed by atoms with Gasteiger partial charge in [0.2, 0.25) is 11.8 Å². The Morgan fingerprint density at radius 1 is 0.944 bits per heavy atom. The summed E-state index contributed by atoms with van der Waals surface area (Å²) >= 11 is 0. The molecular formula is C29H28N2O5. The van der Waals surface area contributed by atoms with Gasteiger partial charge in [0.15, 0.2) is 12.1 Å². The van der Waals surface area contributed by atoms with Gasteiger partial charge in [0.05, 0.1) is 6.54 Å². The van der Waals surface area contributed by atoms with Crippen LogP contribution in [0.25, 0.3) is 0 Å². The van der Waals surface area contributed by atoms with E-state index in [1.54, 1.807) is 6.92 Å². The predicted octanol–water partition coefficient (Wildman–Crippen LogP) is 4.40. The largest absolute Gasteiger partial charge is 0.457 e. The predicted molar refractivity (Wildman–Crippen MR) is 135 cm³/mol. The van der Waals surface area contributed by atoms with Gasteiger partial charge in [-0.2, -0.15) is 0 Å². The number of carbonyl (C=O) groups is 3. The topological polar surface area (TPSA) is 84.9 Å². The van der Waals surface area contributed by atoms with Crippen molar-refractivity contribution in [3.05, 3.63) is 108 Å².